The van der Waals surface area contributed by atoms with Crippen molar-refractivity contribution in [2.24, 2.45) is 16.8 Å². The molecule has 4 rings (SSSR count). The fourth-order valence-electron chi connectivity index (χ4n) is 4.64. The van der Waals surface area contributed by atoms with Crippen LogP contribution in [0.4, 0.5) is 13.2 Å². The van der Waals surface area contributed by atoms with Crippen molar-refractivity contribution in [3.8, 4) is 0 Å². The van der Waals surface area contributed by atoms with Gasteiger partial charge in [-0.2, -0.15) is 13.2 Å². The van der Waals surface area contributed by atoms with E-state index in [0.29, 0.717) is 37.0 Å². The number of nitrogens with zero attached hydrogens (tertiary/aromatic N) is 4. The molecular formula is C21H25ClF3N5O2. The molecule has 174 valence electrons. The molecule has 3 aliphatic rings. The predicted molar refractivity (Wildman–Crippen MR) is 112 cm³/mol. The van der Waals surface area contributed by atoms with Gasteiger partial charge in [0.2, 0.25) is 11.7 Å². The third-order valence-corrected chi connectivity index (χ3v) is 6.50. The first-order valence-corrected chi connectivity index (χ1v) is 11.1. The molecule has 1 aliphatic carbocycles. The first-order chi connectivity index (χ1) is 15.3. The van der Waals surface area contributed by atoms with Gasteiger partial charge in [0.25, 0.3) is 0 Å². The van der Waals surface area contributed by atoms with Crippen LogP contribution < -0.4 is 5.32 Å². The molecular weight excluding hydrogens is 447 g/mol. The van der Waals surface area contributed by atoms with Crippen LogP contribution in [0.25, 0.3) is 0 Å². The number of carbonyl (C=O) groups excluding carboxylic acids is 1. The van der Waals surface area contributed by atoms with Crippen molar-refractivity contribution < 1.29 is 22.7 Å². The first kappa shape index (κ1) is 23.1. The lowest BCUT2D eigenvalue weighted by Crippen LogP contribution is -2.47. The number of aliphatic imine (C=N–C) groups is 1. The molecule has 2 fully saturated rings. The van der Waals surface area contributed by atoms with E-state index in [1.54, 1.807) is 6.08 Å². The molecule has 11 heteroatoms. The van der Waals surface area contributed by atoms with Gasteiger partial charge in [0.1, 0.15) is 5.17 Å². The van der Waals surface area contributed by atoms with E-state index < -0.39 is 12.0 Å². The lowest BCUT2D eigenvalue weighted by molar-refractivity contribution is -0.145. The molecule has 0 radical (unpaired) electrons. The number of amides is 1. The average Bonchev–Trinajstić information content (AvgIpc) is 2.79. The van der Waals surface area contributed by atoms with Crippen molar-refractivity contribution in [3.63, 3.8) is 0 Å². The molecule has 0 aromatic carbocycles. The molecule has 0 bridgehead atoms. The molecule has 1 aromatic rings. The molecule has 1 saturated carbocycles. The normalized spacial score (nSPS) is 27.4. The van der Waals surface area contributed by atoms with Gasteiger partial charge in [-0.25, -0.2) is 9.97 Å². The quantitative estimate of drug-likeness (QED) is 0.714. The van der Waals surface area contributed by atoms with Crippen LogP contribution in [0.2, 0.25) is 0 Å². The topological polar surface area (TPSA) is 79.7 Å². The molecule has 2 aliphatic heterocycles. The van der Waals surface area contributed by atoms with E-state index in [4.69, 9.17) is 16.3 Å². The van der Waals surface area contributed by atoms with Crippen molar-refractivity contribution in [1.82, 2.24) is 20.2 Å². The van der Waals surface area contributed by atoms with E-state index in [9.17, 15) is 18.0 Å². The SMILES string of the molecule is O=C(NCC(c1cnc(C(F)(F)F)nc1)N1CCOCC1)C1CCCC2N=C(Cl)C=CC21. The van der Waals surface area contributed by atoms with Crippen LogP contribution in [0.1, 0.15) is 36.7 Å². The Hall–Kier alpha value is -2.04. The highest BCUT2D eigenvalue weighted by Gasteiger charge is 2.38. The Balaban J connectivity index is 1.46. The zero-order valence-electron chi connectivity index (χ0n) is 17.4. The van der Waals surface area contributed by atoms with Crippen LogP contribution in [-0.2, 0) is 15.7 Å². The van der Waals surface area contributed by atoms with Gasteiger partial charge in [0.15, 0.2) is 0 Å². The number of carbonyl (C=O) groups is 1. The summed E-state index contributed by atoms with van der Waals surface area (Å²) in [6.07, 6.45) is 4.04. The maximum absolute atomic E-state index is 13.1. The lowest BCUT2D eigenvalue weighted by atomic mass is 9.74. The fraction of sp³-hybridized carbons (Fsp3) is 0.619. The van der Waals surface area contributed by atoms with Crippen LogP contribution in [0, 0.1) is 11.8 Å². The molecule has 0 spiro atoms. The average molecular weight is 472 g/mol. The summed E-state index contributed by atoms with van der Waals surface area (Å²) in [6.45, 7) is 2.48. The summed E-state index contributed by atoms with van der Waals surface area (Å²) in [7, 11) is 0. The van der Waals surface area contributed by atoms with E-state index in [1.165, 1.54) is 12.4 Å². The highest BCUT2D eigenvalue weighted by Crippen LogP contribution is 2.36. The molecule has 4 atom stereocenters. The molecule has 32 heavy (non-hydrogen) atoms. The first-order valence-electron chi connectivity index (χ1n) is 10.7. The third kappa shape index (κ3) is 5.29. The van der Waals surface area contributed by atoms with Crippen LogP contribution in [0.5, 0.6) is 0 Å². The maximum Gasteiger partial charge on any atom is 0.451 e. The summed E-state index contributed by atoms with van der Waals surface area (Å²) in [5.74, 6) is -1.47. The zero-order chi connectivity index (χ0) is 22.7. The van der Waals surface area contributed by atoms with Gasteiger partial charge in [-0.1, -0.05) is 24.1 Å². The monoisotopic (exact) mass is 471 g/mol. The Morgan fingerprint density at radius 3 is 2.66 bits per heavy atom. The van der Waals surface area contributed by atoms with E-state index in [1.807, 2.05) is 6.08 Å². The molecule has 4 unspecified atom stereocenters. The number of morpholine rings is 1. The minimum atomic E-state index is -4.60. The summed E-state index contributed by atoms with van der Waals surface area (Å²) >= 11 is 6.02. The van der Waals surface area contributed by atoms with Gasteiger partial charge in [0, 0.05) is 49.4 Å². The zero-order valence-corrected chi connectivity index (χ0v) is 18.1. The number of hydrogen-bond acceptors (Lipinski definition) is 6. The standard InChI is InChI=1S/C21H25ClF3N5O2/c22-18-5-4-14-15(2-1-3-16(14)29-18)19(31)26-12-17(30-6-8-32-9-7-30)13-10-27-20(28-11-13)21(23,24)25/h4-5,10-11,14-17H,1-3,6-9,12H2,(H,26,31). The molecule has 1 aromatic heterocycles. The van der Waals surface area contributed by atoms with Crippen molar-refractivity contribution >= 4 is 22.7 Å². The number of ether oxygens (including phenoxy) is 1. The van der Waals surface area contributed by atoms with E-state index in [0.717, 1.165) is 19.3 Å². The second-order valence-electron chi connectivity index (χ2n) is 8.24. The van der Waals surface area contributed by atoms with E-state index in [-0.39, 0.29) is 36.4 Å². The minimum absolute atomic E-state index is 0.00230. The van der Waals surface area contributed by atoms with Crippen molar-refractivity contribution in [2.75, 3.05) is 32.8 Å². The van der Waals surface area contributed by atoms with Crippen molar-refractivity contribution in [2.45, 2.75) is 37.5 Å². The number of nitrogens with one attached hydrogen (secondary N) is 1. The van der Waals surface area contributed by atoms with Gasteiger partial charge in [-0.15, -0.1) is 0 Å². The van der Waals surface area contributed by atoms with Crippen LogP contribution in [0.15, 0.2) is 29.5 Å². The lowest BCUT2D eigenvalue weighted by Gasteiger charge is -2.37. The second-order valence-corrected chi connectivity index (χ2v) is 8.63. The summed E-state index contributed by atoms with van der Waals surface area (Å²) in [5, 5.41) is 3.48. The maximum atomic E-state index is 13.1. The largest absolute Gasteiger partial charge is 0.451 e. The second kappa shape index (κ2) is 9.84. The number of allylic oxidation sites excluding steroid dienone is 1. The Bertz CT molecular complexity index is 871. The molecule has 3 heterocycles. The Morgan fingerprint density at radius 1 is 1.25 bits per heavy atom. The summed E-state index contributed by atoms with van der Waals surface area (Å²) in [4.78, 5) is 26.6. The number of aromatic nitrogens is 2. The predicted octanol–water partition coefficient (Wildman–Crippen LogP) is 2.98. The molecule has 1 amide bonds. The Morgan fingerprint density at radius 2 is 1.97 bits per heavy atom. The Labute approximate surface area is 189 Å². The minimum Gasteiger partial charge on any atom is -0.379 e. The summed E-state index contributed by atoms with van der Waals surface area (Å²) in [6, 6.07) is -0.339. The van der Waals surface area contributed by atoms with Gasteiger partial charge in [0.05, 0.1) is 25.3 Å². The molecule has 7 nitrogen and oxygen atoms in total. The van der Waals surface area contributed by atoms with Crippen molar-refractivity contribution in [3.05, 3.63) is 35.9 Å². The number of fused-ring (bicyclic) bond motifs is 1. The highest BCUT2D eigenvalue weighted by atomic mass is 35.5. The fourth-order valence-corrected chi connectivity index (χ4v) is 4.84. The van der Waals surface area contributed by atoms with Gasteiger partial charge in [-0.3, -0.25) is 14.7 Å². The van der Waals surface area contributed by atoms with E-state index in [2.05, 4.69) is 25.2 Å². The number of rotatable bonds is 5. The third-order valence-electron chi connectivity index (χ3n) is 6.27. The molecule has 1 N–H and O–H groups in total. The summed E-state index contributed by atoms with van der Waals surface area (Å²) < 4.78 is 44.0. The van der Waals surface area contributed by atoms with Crippen LogP contribution >= 0.6 is 11.6 Å². The van der Waals surface area contributed by atoms with E-state index >= 15 is 0 Å². The Kier molecular flexibility index (Phi) is 7.11. The highest BCUT2D eigenvalue weighted by molar-refractivity contribution is 6.68. The number of halogens is 4. The van der Waals surface area contributed by atoms with Crippen LogP contribution in [0.3, 0.4) is 0 Å². The van der Waals surface area contributed by atoms with Crippen LogP contribution in [-0.4, -0.2) is 64.8 Å². The number of hydrogen-bond donors (Lipinski definition) is 1. The van der Waals surface area contributed by atoms with Gasteiger partial charge >= 0.3 is 6.18 Å². The smallest absolute Gasteiger partial charge is 0.379 e. The van der Waals surface area contributed by atoms with Gasteiger partial charge in [-0.05, 0) is 18.9 Å². The van der Waals surface area contributed by atoms with Gasteiger partial charge < -0.3 is 10.1 Å². The summed E-state index contributed by atoms with van der Waals surface area (Å²) in [5.41, 5.74) is 0.524. The molecule has 1 saturated heterocycles. The number of alkyl halides is 3. The van der Waals surface area contributed by atoms with Crippen molar-refractivity contribution in [1.29, 1.82) is 0 Å². The number of dihydropyridines is 1.